The van der Waals surface area contributed by atoms with E-state index in [1.807, 2.05) is 12.3 Å². The summed E-state index contributed by atoms with van der Waals surface area (Å²) in [6.07, 6.45) is 6.25. The third-order valence-electron chi connectivity index (χ3n) is 4.97. The van der Waals surface area contributed by atoms with Gasteiger partial charge < -0.3 is 5.32 Å². The Bertz CT molecular complexity index is 724. The van der Waals surface area contributed by atoms with Crippen molar-refractivity contribution in [3.63, 3.8) is 0 Å². The zero-order valence-corrected chi connectivity index (χ0v) is 16.4. The number of aromatic nitrogens is 1. The monoisotopic (exact) mass is 369 g/mol. The molecule has 0 bridgehead atoms. The lowest BCUT2D eigenvalue weighted by Gasteiger charge is -2.30. The minimum Gasteiger partial charge on any atom is -0.348 e. The molecule has 1 fully saturated rings. The second-order valence-electron chi connectivity index (χ2n) is 7.02. The van der Waals surface area contributed by atoms with E-state index < -0.39 is 0 Å². The molecule has 0 atom stereocenters. The Morgan fingerprint density at radius 3 is 2.58 bits per heavy atom. The third kappa shape index (κ3) is 5.08. The largest absolute Gasteiger partial charge is 0.348 e. The molecule has 1 aliphatic rings. The van der Waals surface area contributed by atoms with Gasteiger partial charge in [-0.3, -0.25) is 9.69 Å². The number of pyridine rings is 1. The number of piperidine rings is 1. The van der Waals surface area contributed by atoms with Gasteiger partial charge >= 0.3 is 0 Å². The SMILES string of the molecule is CSc1ncccc1C(=O)NCc1ccc(CN2CCC(C)CC2)cc1. The van der Waals surface area contributed by atoms with Crippen molar-refractivity contribution in [1.29, 1.82) is 0 Å². The molecule has 26 heavy (non-hydrogen) atoms. The zero-order valence-electron chi connectivity index (χ0n) is 15.6. The first-order valence-corrected chi connectivity index (χ1v) is 10.5. The van der Waals surface area contributed by atoms with Crippen molar-refractivity contribution < 1.29 is 4.79 Å². The molecule has 1 aliphatic heterocycles. The van der Waals surface area contributed by atoms with Crippen LogP contribution in [0.5, 0.6) is 0 Å². The van der Waals surface area contributed by atoms with Crippen LogP contribution in [0.3, 0.4) is 0 Å². The number of nitrogens with one attached hydrogen (secondary N) is 1. The van der Waals surface area contributed by atoms with Crippen LogP contribution in [0.2, 0.25) is 0 Å². The standard InChI is InChI=1S/C21H27N3OS/c1-16-9-12-24(13-10-16)15-18-7-5-17(6-8-18)14-23-20(25)19-4-3-11-22-21(19)26-2/h3-8,11,16H,9-10,12-15H2,1-2H3,(H,23,25). The molecule has 138 valence electrons. The van der Waals surface area contributed by atoms with Gasteiger partial charge in [-0.2, -0.15) is 0 Å². The molecule has 1 saturated heterocycles. The van der Waals surface area contributed by atoms with E-state index in [-0.39, 0.29) is 5.91 Å². The van der Waals surface area contributed by atoms with Gasteiger partial charge in [0, 0.05) is 19.3 Å². The first-order chi connectivity index (χ1) is 12.7. The number of hydrogen-bond donors (Lipinski definition) is 1. The summed E-state index contributed by atoms with van der Waals surface area (Å²) in [7, 11) is 0. The minimum absolute atomic E-state index is 0.0750. The zero-order chi connectivity index (χ0) is 18.4. The molecule has 2 heterocycles. The van der Waals surface area contributed by atoms with E-state index in [9.17, 15) is 4.79 Å². The fourth-order valence-electron chi connectivity index (χ4n) is 3.24. The summed E-state index contributed by atoms with van der Waals surface area (Å²) < 4.78 is 0. The predicted molar refractivity (Wildman–Crippen MR) is 107 cm³/mol. The van der Waals surface area contributed by atoms with Gasteiger partial charge in [-0.15, -0.1) is 11.8 Å². The van der Waals surface area contributed by atoms with Crippen LogP contribution in [-0.4, -0.2) is 35.1 Å². The van der Waals surface area contributed by atoms with E-state index in [0.29, 0.717) is 12.1 Å². The average Bonchev–Trinajstić information content (AvgIpc) is 2.69. The number of benzene rings is 1. The fraction of sp³-hybridized carbons (Fsp3) is 0.429. The molecule has 4 nitrogen and oxygen atoms in total. The molecule has 1 amide bonds. The molecule has 0 spiro atoms. The Morgan fingerprint density at radius 1 is 1.19 bits per heavy atom. The highest BCUT2D eigenvalue weighted by Gasteiger charge is 2.15. The Morgan fingerprint density at radius 2 is 1.88 bits per heavy atom. The molecule has 1 aromatic heterocycles. The highest BCUT2D eigenvalue weighted by molar-refractivity contribution is 7.98. The number of thioether (sulfide) groups is 1. The lowest BCUT2D eigenvalue weighted by molar-refractivity contribution is 0.0947. The number of likely N-dealkylation sites (tertiary alicyclic amines) is 1. The van der Waals surface area contributed by atoms with Gasteiger partial charge in [0.2, 0.25) is 0 Å². The van der Waals surface area contributed by atoms with E-state index in [2.05, 4.69) is 46.4 Å². The Hall–Kier alpha value is -1.85. The quantitative estimate of drug-likeness (QED) is 0.783. The summed E-state index contributed by atoms with van der Waals surface area (Å²) in [6, 6.07) is 12.2. The Kier molecular flexibility index (Phi) is 6.69. The highest BCUT2D eigenvalue weighted by atomic mass is 32.2. The second kappa shape index (κ2) is 9.19. The maximum atomic E-state index is 12.4. The Balaban J connectivity index is 1.52. The summed E-state index contributed by atoms with van der Waals surface area (Å²) in [4.78, 5) is 19.2. The smallest absolute Gasteiger partial charge is 0.254 e. The molecule has 0 aliphatic carbocycles. The van der Waals surface area contributed by atoms with Crippen LogP contribution >= 0.6 is 11.8 Å². The maximum Gasteiger partial charge on any atom is 0.254 e. The van der Waals surface area contributed by atoms with Crippen molar-refractivity contribution in [3.8, 4) is 0 Å². The number of nitrogens with zero attached hydrogens (tertiary/aromatic N) is 2. The van der Waals surface area contributed by atoms with E-state index >= 15 is 0 Å². The van der Waals surface area contributed by atoms with Crippen molar-refractivity contribution in [1.82, 2.24) is 15.2 Å². The van der Waals surface area contributed by atoms with Gasteiger partial charge in [-0.05, 0) is 61.4 Å². The van der Waals surface area contributed by atoms with Crippen LogP contribution < -0.4 is 5.32 Å². The Labute approximate surface area is 160 Å². The van der Waals surface area contributed by atoms with Crippen LogP contribution in [0.15, 0.2) is 47.6 Å². The molecule has 1 N–H and O–H groups in total. The van der Waals surface area contributed by atoms with Crippen LogP contribution in [-0.2, 0) is 13.1 Å². The first kappa shape index (κ1) is 18.9. The number of hydrogen-bond acceptors (Lipinski definition) is 4. The number of carbonyl (C=O) groups excluding carboxylic acids is 1. The molecule has 0 unspecified atom stereocenters. The van der Waals surface area contributed by atoms with Crippen LogP contribution in [0, 0.1) is 5.92 Å². The fourth-order valence-corrected chi connectivity index (χ4v) is 3.79. The van der Waals surface area contributed by atoms with Crippen molar-refractivity contribution in [2.75, 3.05) is 19.3 Å². The van der Waals surface area contributed by atoms with Gasteiger partial charge in [-0.1, -0.05) is 31.2 Å². The highest BCUT2D eigenvalue weighted by Crippen LogP contribution is 2.19. The first-order valence-electron chi connectivity index (χ1n) is 9.23. The van der Waals surface area contributed by atoms with Gasteiger partial charge in [-0.25, -0.2) is 4.98 Å². The maximum absolute atomic E-state index is 12.4. The van der Waals surface area contributed by atoms with Crippen molar-refractivity contribution in [2.45, 2.75) is 37.9 Å². The summed E-state index contributed by atoms with van der Waals surface area (Å²) in [6.45, 7) is 6.28. The molecule has 2 aromatic rings. The minimum atomic E-state index is -0.0750. The van der Waals surface area contributed by atoms with Gasteiger partial charge in [0.05, 0.1) is 5.56 Å². The topological polar surface area (TPSA) is 45.2 Å². The van der Waals surface area contributed by atoms with Gasteiger partial charge in [0.1, 0.15) is 5.03 Å². The lowest BCUT2D eigenvalue weighted by atomic mass is 9.99. The van der Waals surface area contributed by atoms with E-state index in [1.165, 1.54) is 43.3 Å². The molecule has 0 saturated carbocycles. The molecular weight excluding hydrogens is 342 g/mol. The van der Waals surface area contributed by atoms with Gasteiger partial charge in [0.15, 0.2) is 0 Å². The number of carbonyl (C=O) groups is 1. The van der Waals surface area contributed by atoms with Crippen LogP contribution in [0.25, 0.3) is 0 Å². The molecule has 1 aromatic carbocycles. The average molecular weight is 370 g/mol. The number of amides is 1. The molecular formula is C21H27N3OS. The summed E-state index contributed by atoms with van der Waals surface area (Å²) in [5, 5.41) is 3.75. The predicted octanol–water partition coefficient (Wildman–Crippen LogP) is 3.97. The van der Waals surface area contributed by atoms with E-state index in [1.54, 1.807) is 12.3 Å². The summed E-state index contributed by atoms with van der Waals surface area (Å²) >= 11 is 1.49. The molecule has 3 rings (SSSR count). The normalized spacial score (nSPS) is 15.8. The number of rotatable bonds is 6. The van der Waals surface area contributed by atoms with Gasteiger partial charge in [0.25, 0.3) is 5.91 Å². The van der Waals surface area contributed by atoms with Crippen LogP contribution in [0.1, 0.15) is 41.3 Å². The van der Waals surface area contributed by atoms with Crippen molar-refractivity contribution in [2.24, 2.45) is 5.92 Å². The summed E-state index contributed by atoms with van der Waals surface area (Å²) in [5.41, 5.74) is 3.09. The van der Waals surface area contributed by atoms with Crippen molar-refractivity contribution in [3.05, 3.63) is 59.3 Å². The third-order valence-corrected chi connectivity index (χ3v) is 5.68. The molecule has 5 heteroatoms. The molecule has 0 radical (unpaired) electrons. The lowest BCUT2D eigenvalue weighted by Crippen LogP contribution is -2.32. The second-order valence-corrected chi connectivity index (χ2v) is 7.81. The van der Waals surface area contributed by atoms with E-state index in [0.717, 1.165) is 23.1 Å². The van der Waals surface area contributed by atoms with Crippen molar-refractivity contribution >= 4 is 17.7 Å². The van der Waals surface area contributed by atoms with E-state index in [4.69, 9.17) is 0 Å². The van der Waals surface area contributed by atoms with Crippen LogP contribution in [0.4, 0.5) is 0 Å². The summed E-state index contributed by atoms with van der Waals surface area (Å²) in [5.74, 6) is 0.789.